The van der Waals surface area contributed by atoms with Crippen LogP contribution < -0.4 is 14.8 Å². The third-order valence-electron chi connectivity index (χ3n) is 5.67. The molecule has 1 aromatic heterocycles. The Morgan fingerprint density at radius 2 is 1.91 bits per heavy atom. The Kier molecular flexibility index (Phi) is 7.88. The number of nitrogens with zero attached hydrogens (tertiary/aromatic N) is 1. The maximum absolute atomic E-state index is 12.9. The predicted octanol–water partition coefficient (Wildman–Crippen LogP) is 5.36. The first-order valence-corrected chi connectivity index (χ1v) is 11.6. The number of hydrogen-bond acceptors (Lipinski definition) is 6. The Morgan fingerprint density at radius 1 is 1.15 bits per heavy atom. The first-order valence-electron chi connectivity index (χ1n) is 10.8. The Hall–Kier alpha value is -2.16. The molecule has 1 aromatic carbocycles. The molecule has 0 radical (unpaired) electrons. The number of alkyl halides is 2. The highest BCUT2D eigenvalue weighted by Gasteiger charge is 2.29. The first-order chi connectivity index (χ1) is 15.9. The number of aromatic nitrogens is 1. The number of ether oxygens (including phenoxy) is 3. The number of halogens is 4. The number of nitrogens with one attached hydrogen (secondary N) is 1. The molecule has 2 fully saturated rings. The van der Waals surface area contributed by atoms with Crippen LogP contribution in [0.1, 0.15) is 42.9 Å². The van der Waals surface area contributed by atoms with Crippen molar-refractivity contribution in [3.8, 4) is 11.5 Å². The molecule has 33 heavy (non-hydrogen) atoms. The van der Waals surface area contributed by atoms with Gasteiger partial charge in [0.2, 0.25) is 0 Å². The van der Waals surface area contributed by atoms with Gasteiger partial charge >= 0.3 is 12.6 Å². The summed E-state index contributed by atoms with van der Waals surface area (Å²) in [4.78, 5) is 16.8. The molecule has 2 atom stereocenters. The van der Waals surface area contributed by atoms with Crippen LogP contribution in [0.25, 0.3) is 0 Å². The number of carbonyl (C=O) groups excluding carboxylic acids is 1. The molecule has 4 rings (SSSR count). The molecule has 178 valence electrons. The summed E-state index contributed by atoms with van der Waals surface area (Å²) >= 11 is 12.6. The van der Waals surface area contributed by atoms with Crippen molar-refractivity contribution < 1.29 is 27.8 Å². The zero-order chi connectivity index (χ0) is 23.4. The predicted molar refractivity (Wildman–Crippen MR) is 119 cm³/mol. The van der Waals surface area contributed by atoms with E-state index >= 15 is 0 Å². The van der Waals surface area contributed by atoms with Gasteiger partial charge in [0.15, 0.2) is 11.5 Å². The van der Waals surface area contributed by atoms with Gasteiger partial charge in [0.25, 0.3) is 0 Å². The molecule has 1 aliphatic heterocycles. The lowest BCUT2D eigenvalue weighted by Crippen LogP contribution is -2.33. The summed E-state index contributed by atoms with van der Waals surface area (Å²) in [6, 6.07) is 4.14. The van der Waals surface area contributed by atoms with E-state index in [1.165, 1.54) is 18.5 Å². The summed E-state index contributed by atoms with van der Waals surface area (Å²) in [6.07, 6.45) is 5.96. The van der Waals surface area contributed by atoms with Gasteiger partial charge in [-0.25, -0.2) is 0 Å². The Balaban J connectivity index is 1.63. The highest BCUT2D eigenvalue weighted by atomic mass is 35.5. The fourth-order valence-electron chi connectivity index (χ4n) is 3.68. The van der Waals surface area contributed by atoms with Crippen LogP contribution in [0.3, 0.4) is 0 Å². The first kappa shape index (κ1) is 24.0. The van der Waals surface area contributed by atoms with E-state index in [9.17, 15) is 13.6 Å². The highest BCUT2D eigenvalue weighted by Crippen LogP contribution is 2.38. The average Bonchev–Trinajstić information content (AvgIpc) is 3.44. The van der Waals surface area contributed by atoms with Crippen molar-refractivity contribution in [3.05, 3.63) is 51.8 Å². The van der Waals surface area contributed by atoms with E-state index < -0.39 is 24.7 Å². The van der Waals surface area contributed by atoms with Crippen LogP contribution in [0, 0.1) is 5.92 Å². The Labute approximate surface area is 200 Å². The lowest BCUT2D eigenvalue weighted by molar-refractivity contribution is -0.151. The van der Waals surface area contributed by atoms with Gasteiger partial charge in [-0.3, -0.25) is 9.78 Å². The molecule has 0 spiro atoms. The fourth-order valence-corrected chi connectivity index (χ4v) is 4.20. The van der Waals surface area contributed by atoms with Crippen LogP contribution in [0.2, 0.25) is 10.0 Å². The SMILES string of the molecule is O=C(O[C@H](Cc1c(Cl)cncc1Cl)c1ccc(OC(F)F)c(OCC2CC2)c1)[C@H]1CCCN1. The van der Waals surface area contributed by atoms with Crippen LogP contribution in [-0.2, 0) is 16.0 Å². The van der Waals surface area contributed by atoms with Gasteiger partial charge in [0.05, 0.1) is 16.7 Å². The van der Waals surface area contributed by atoms with Gasteiger partial charge in [0, 0.05) is 18.8 Å². The Bertz CT molecular complexity index is 965. The number of benzene rings is 1. The van der Waals surface area contributed by atoms with Gasteiger partial charge in [-0.2, -0.15) is 8.78 Å². The molecule has 10 heteroatoms. The number of esters is 1. The third-order valence-corrected chi connectivity index (χ3v) is 6.32. The summed E-state index contributed by atoms with van der Waals surface area (Å²) in [5.74, 6) is 0.111. The van der Waals surface area contributed by atoms with Crippen LogP contribution >= 0.6 is 23.2 Å². The molecular formula is C23H24Cl2F2N2O4. The molecule has 1 N–H and O–H groups in total. The van der Waals surface area contributed by atoms with Crippen LogP contribution in [0.4, 0.5) is 8.78 Å². The molecule has 6 nitrogen and oxygen atoms in total. The quantitative estimate of drug-likeness (QED) is 0.443. The molecule has 0 bridgehead atoms. The van der Waals surface area contributed by atoms with Gasteiger partial charge in [-0.15, -0.1) is 0 Å². The van der Waals surface area contributed by atoms with Crippen molar-refractivity contribution in [1.29, 1.82) is 0 Å². The van der Waals surface area contributed by atoms with Gasteiger partial charge in [0.1, 0.15) is 12.1 Å². The van der Waals surface area contributed by atoms with Crippen LogP contribution in [0.15, 0.2) is 30.6 Å². The topological polar surface area (TPSA) is 69.7 Å². The molecule has 2 heterocycles. The normalized spacial score (nSPS) is 18.9. The smallest absolute Gasteiger partial charge is 0.387 e. The molecule has 0 unspecified atom stereocenters. The highest BCUT2D eigenvalue weighted by molar-refractivity contribution is 6.35. The third kappa shape index (κ3) is 6.46. The lowest BCUT2D eigenvalue weighted by atomic mass is 10.0. The maximum Gasteiger partial charge on any atom is 0.387 e. The van der Waals surface area contributed by atoms with E-state index in [4.69, 9.17) is 32.7 Å². The van der Waals surface area contributed by atoms with Crippen molar-refractivity contribution in [1.82, 2.24) is 10.3 Å². The minimum atomic E-state index is -2.99. The number of carbonyl (C=O) groups is 1. The standard InChI is InChI=1S/C23H24Cl2F2N2O4/c24-16-10-28-11-17(25)15(16)9-20(32-22(30)18-2-1-7-29-18)14-5-6-19(33-23(26)27)21(8-14)31-12-13-3-4-13/h5-6,8,10-11,13,18,20,23,29H,1-4,7,9,12H2/t18-,20-/m1/s1. The van der Waals surface area contributed by atoms with Crippen molar-refractivity contribution in [2.45, 2.75) is 50.9 Å². The van der Waals surface area contributed by atoms with E-state index in [1.54, 1.807) is 12.1 Å². The summed E-state index contributed by atoms with van der Waals surface area (Å²) in [5.41, 5.74) is 1.12. The second-order valence-corrected chi connectivity index (χ2v) is 9.01. The zero-order valence-corrected chi connectivity index (χ0v) is 19.2. The van der Waals surface area contributed by atoms with Crippen LogP contribution in [-0.4, -0.2) is 36.8 Å². The average molecular weight is 501 g/mol. The summed E-state index contributed by atoms with van der Waals surface area (Å²) in [7, 11) is 0. The number of hydrogen-bond donors (Lipinski definition) is 1. The summed E-state index contributed by atoms with van der Waals surface area (Å²) < 4.78 is 42.1. The molecule has 1 saturated heterocycles. The second kappa shape index (κ2) is 10.8. The molecular weight excluding hydrogens is 477 g/mol. The largest absolute Gasteiger partial charge is 0.489 e. The summed E-state index contributed by atoms with van der Waals surface area (Å²) in [6.45, 7) is -1.84. The summed E-state index contributed by atoms with van der Waals surface area (Å²) in [5, 5.41) is 3.79. The monoisotopic (exact) mass is 500 g/mol. The molecule has 0 amide bonds. The lowest BCUT2D eigenvalue weighted by Gasteiger charge is -2.23. The van der Waals surface area contributed by atoms with Gasteiger partial charge in [-0.05, 0) is 61.4 Å². The Morgan fingerprint density at radius 3 is 2.55 bits per heavy atom. The van der Waals surface area contributed by atoms with Gasteiger partial charge in [-0.1, -0.05) is 29.3 Å². The van der Waals surface area contributed by atoms with Crippen LogP contribution in [0.5, 0.6) is 11.5 Å². The van der Waals surface area contributed by atoms with E-state index in [-0.39, 0.29) is 17.9 Å². The van der Waals surface area contributed by atoms with Gasteiger partial charge < -0.3 is 19.5 Å². The molecule has 2 aromatic rings. The number of rotatable bonds is 10. The van der Waals surface area contributed by atoms with E-state index in [1.807, 2.05) is 0 Å². The van der Waals surface area contributed by atoms with E-state index in [0.29, 0.717) is 40.1 Å². The fraction of sp³-hybridized carbons (Fsp3) is 0.478. The maximum atomic E-state index is 12.9. The van der Waals surface area contributed by atoms with Crippen molar-refractivity contribution in [2.24, 2.45) is 5.92 Å². The minimum Gasteiger partial charge on any atom is -0.489 e. The second-order valence-electron chi connectivity index (χ2n) is 8.20. The van der Waals surface area contributed by atoms with E-state index in [0.717, 1.165) is 25.8 Å². The molecule has 1 aliphatic carbocycles. The number of pyridine rings is 1. The zero-order valence-electron chi connectivity index (χ0n) is 17.7. The van der Waals surface area contributed by atoms with Crippen molar-refractivity contribution >= 4 is 29.2 Å². The molecule has 1 saturated carbocycles. The van der Waals surface area contributed by atoms with Crippen molar-refractivity contribution in [3.63, 3.8) is 0 Å². The molecule has 2 aliphatic rings. The van der Waals surface area contributed by atoms with Crippen molar-refractivity contribution in [2.75, 3.05) is 13.2 Å². The minimum absolute atomic E-state index is 0.0723. The van der Waals surface area contributed by atoms with E-state index in [2.05, 4.69) is 15.0 Å².